The van der Waals surface area contributed by atoms with Gasteiger partial charge in [-0.15, -0.1) is 0 Å². The van der Waals surface area contributed by atoms with E-state index in [2.05, 4.69) is 16.6 Å². The Morgan fingerprint density at radius 3 is 2.48 bits per heavy atom. The summed E-state index contributed by atoms with van der Waals surface area (Å²) in [4.78, 5) is 11.6. The van der Waals surface area contributed by atoms with Gasteiger partial charge in [0.15, 0.2) is 0 Å². The van der Waals surface area contributed by atoms with Gasteiger partial charge in [-0.3, -0.25) is 4.79 Å². The Kier molecular flexibility index (Phi) is 6.61. The van der Waals surface area contributed by atoms with Crippen LogP contribution in [0.5, 0.6) is 0 Å². The number of hydrogen-bond acceptors (Lipinski definition) is 3. The SMILES string of the molecule is C=C(Cl)CNC(=O)/C=C\c1ccc(S(=O)(=O)NCC)cc1. The van der Waals surface area contributed by atoms with Crippen LogP contribution in [0.3, 0.4) is 0 Å². The largest absolute Gasteiger partial charge is 0.348 e. The fraction of sp³-hybridized carbons (Fsp3) is 0.214. The van der Waals surface area contributed by atoms with E-state index in [1.165, 1.54) is 18.2 Å². The minimum absolute atomic E-state index is 0.185. The molecule has 0 fully saturated rings. The summed E-state index contributed by atoms with van der Waals surface area (Å²) in [5.74, 6) is -0.304. The molecule has 0 aliphatic carbocycles. The van der Waals surface area contributed by atoms with Gasteiger partial charge in [0.1, 0.15) is 0 Å². The third kappa shape index (κ3) is 6.12. The van der Waals surface area contributed by atoms with E-state index >= 15 is 0 Å². The first-order valence-electron chi connectivity index (χ1n) is 6.24. The second kappa shape index (κ2) is 7.97. The lowest BCUT2D eigenvalue weighted by atomic mass is 10.2. The van der Waals surface area contributed by atoms with Gasteiger partial charge in [-0.2, -0.15) is 0 Å². The lowest BCUT2D eigenvalue weighted by Gasteiger charge is -2.04. The second-order valence-corrected chi connectivity index (χ2v) is 6.44. The maximum absolute atomic E-state index is 11.7. The van der Waals surface area contributed by atoms with Crippen molar-refractivity contribution in [3.63, 3.8) is 0 Å². The molecule has 1 aromatic rings. The zero-order chi connectivity index (χ0) is 15.9. The van der Waals surface area contributed by atoms with Gasteiger partial charge in [-0.1, -0.05) is 37.2 Å². The average molecular weight is 329 g/mol. The highest BCUT2D eigenvalue weighted by molar-refractivity contribution is 7.89. The monoisotopic (exact) mass is 328 g/mol. The molecule has 0 aliphatic rings. The number of rotatable bonds is 7. The van der Waals surface area contributed by atoms with Gasteiger partial charge < -0.3 is 5.32 Å². The number of carbonyl (C=O) groups excluding carboxylic acids is 1. The lowest BCUT2D eigenvalue weighted by molar-refractivity contribution is -0.116. The third-order valence-corrected chi connectivity index (χ3v) is 4.10. The molecule has 0 unspecified atom stereocenters. The van der Waals surface area contributed by atoms with Crippen LogP contribution in [0.1, 0.15) is 12.5 Å². The van der Waals surface area contributed by atoms with Crippen LogP contribution in [0.2, 0.25) is 0 Å². The zero-order valence-electron chi connectivity index (χ0n) is 11.6. The van der Waals surface area contributed by atoms with Crippen LogP contribution < -0.4 is 10.0 Å². The predicted molar refractivity (Wildman–Crippen MR) is 84.3 cm³/mol. The van der Waals surface area contributed by atoms with Crippen molar-refractivity contribution in [2.75, 3.05) is 13.1 Å². The first-order valence-corrected chi connectivity index (χ1v) is 8.10. The van der Waals surface area contributed by atoms with Gasteiger partial charge in [-0.05, 0) is 23.8 Å². The summed E-state index contributed by atoms with van der Waals surface area (Å²) in [5, 5.41) is 2.88. The quantitative estimate of drug-likeness (QED) is 0.750. The summed E-state index contributed by atoms with van der Waals surface area (Å²) in [6.07, 6.45) is 2.92. The van der Waals surface area contributed by atoms with E-state index in [9.17, 15) is 13.2 Å². The molecule has 0 heterocycles. The first kappa shape index (κ1) is 17.4. The number of hydrogen-bond donors (Lipinski definition) is 2. The molecule has 0 atom stereocenters. The summed E-state index contributed by atoms with van der Waals surface area (Å²) < 4.78 is 25.9. The molecular weight excluding hydrogens is 312 g/mol. The Morgan fingerprint density at radius 2 is 1.95 bits per heavy atom. The molecule has 0 bridgehead atoms. The minimum atomic E-state index is -3.45. The molecular formula is C14H17ClN2O3S. The van der Waals surface area contributed by atoms with E-state index in [1.807, 2.05) is 0 Å². The number of benzene rings is 1. The van der Waals surface area contributed by atoms with Crippen LogP contribution in [-0.2, 0) is 14.8 Å². The van der Waals surface area contributed by atoms with Gasteiger partial charge in [0.25, 0.3) is 0 Å². The molecule has 2 N–H and O–H groups in total. The first-order chi connectivity index (χ1) is 9.85. The Balaban J connectivity index is 2.71. The molecule has 1 amide bonds. The minimum Gasteiger partial charge on any atom is -0.348 e. The van der Waals surface area contributed by atoms with E-state index < -0.39 is 10.0 Å². The van der Waals surface area contributed by atoms with Crippen molar-refractivity contribution < 1.29 is 13.2 Å². The Labute approximate surface area is 129 Å². The Bertz CT molecular complexity index is 637. The number of amides is 1. The summed E-state index contributed by atoms with van der Waals surface area (Å²) >= 11 is 5.53. The van der Waals surface area contributed by atoms with Crippen molar-refractivity contribution in [3.8, 4) is 0 Å². The molecule has 5 nitrogen and oxygen atoms in total. The van der Waals surface area contributed by atoms with Gasteiger partial charge >= 0.3 is 0 Å². The molecule has 0 aromatic heterocycles. The van der Waals surface area contributed by atoms with Gasteiger partial charge in [0.05, 0.1) is 11.4 Å². The number of sulfonamides is 1. The summed E-state index contributed by atoms with van der Waals surface area (Å²) in [6.45, 7) is 5.70. The van der Waals surface area contributed by atoms with Crippen LogP contribution in [0.15, 0.2) is 46.8 Å². The van der Waals surface area contributed by atoms with Crippen molar-refractivity contribution >= 4 is 33.6 Å². The fourth-order valence-corrected chi connectivity index (χ4v) is 2.55. The van der Waals surface area contributed by atoms with Crippen molar-refractivity contribution in [2.45, 2.75) is 11.8 Å². The van der Waals surface area contributed by atoms with Gasteiger partial charge in [-0.25, -0.2) is 13.1 Å². The molecule has 0 spiro atoms. The smallest absolute Gasteiger partial charge is 0.244 e. The lowest BCUT2D eigenvalue weighted by Crippen LogP contribution is -2.23. The van der Waals surface area contributed by atoms with Crippen LogP contribution in [0.4, 0.5) is 0 Å². The zero-order valence-corrected chi connectivity index (χ0v) is 13.2. The molecule has 0 aliphatic heterocycles. The van der Waals surface area contributed by atoms with Crippen molar-refractivity contribution in [3.05, 3.63) is 47.5 Å². The summed E-state index contributed by atoms with van der Waals surface area (Å²) in [7, 11) is -3.45. The third-order valence-electron chi connectivity index (χ3n) is 2.41. The van der Waals surface area contributed by atoms with Gasteiger partial charge in [0, 0.05) is 17.7 Å². The Hall–Kier alpha value is -1.63. The molecule has 7 heteroatoms. The predicted octanol–water partition coefficient (Wildman–Crippen LogP) is 1.87. The Morgan fingerprint density at radius 1 is 1.33 bits per heavy atom. The van der Waals surface area contributed by atoms with E-state index in [-0.39, 0.29) is 17.3 Å². The molecule has 114 valence electrons. The molecule has 0 saturated carbocycles. The molecule has 21 heavy (non-hydrogen) atoms. The molecule has 1 rings (SSSR count). The van der Waals surface area contributed by atoms with Crippen molar-refractivity contribution in [2.24, 2.45) is 0 Å². The normalized spacial score (nSPS) is 11.5. The van der Waals surface area contributed by atoms with Crippen LogP contribution in [0.25, 0.3) is 6.08 Å². The van der Waals surface area contributed by atoms with E-state index in [0.717, 1.165) is 0 Å². The maximum atomic E-state index is 11.7. The highest BCUT2D eigenvalue weighted by Crippen LogP contribution is 2.11. The van der Waals surface area contributed by atoms with Crippen LogP contribution in [0, 0.1) is 0 Å². The molecule has 0 saturated heterocycles. The van der Waals surface area contributed by atoms with Crippen LogP contribution >= 0.6 is 11.6 Å². The second-order valence-electron chi connectivity index (χ2n) is 4.14. The summed E-state index contributed by atoms with van der Waals surface area (Å²) in [6, 6.07) is 6.20. The maximum Gasteiger partial charge on any atom is 0.244 e. The standard InChI is InChI=1S/C14H17ClN2O3S/c1-3-17-21(19,20)13-7-4-12(5-8-13)6-9-14(18)16-10-11(2)15/h4-9,17H,2-3,10H2,1H3,(H,16,18)/b9-6-. The number of halogens is 1. The molecule has 0 radical (unpaired) electrons. The topological polar surface area (TPSA) is 75.3 Å². The fourth-order valence-electron chi connectivity index (χ4n) is 1.45. The highest BCUT2D eigenvalue weighted by Gasteiger charge is 2.11. The van der Waals surface area contributed by atoms with E-state index in [1.54, 1.807) is 25.1 Å². The average Bonchev–Trinajstić information content (AvgIpc) is 2.43. The summed E-state index contributed by atoms with van der Waals surface area (Å²) in [5.41, 5.74) is 0.713. The van der Waals surface area contributed by atoms with Crippen molar-refractivity contribution in [1.82, 2.24) is 10.0 Å². The van der Waals surface area contributed by atoms with E-state index in [0.29, 0.717) is 17.1 Å². The number of nitrogens with one attached hydrogen (secondary N) is 2. The van der Waals surface area contributed by atoms with Crippen molar-refractivity contribution in [1.29, 1.82) is 0 Å². The molecule has 1 aromatic carbocycles. The van der Waals surface area contributed by atoms with E-state index in [4.69, 9.17) is 11.6 Å². The highest BCUT2D eigenvalue weighted by atomic mass is 35.5. The van der Waals surface area contributed by atoms with Crippen LogP contribution in [-0.4, -0.2) is 27.4 Å². The number of carbonyl (C=O) groups is 1. The van der Waals surface area contributed by atoms with Gasteiger partial charge in [0.2, 0.25) is 15.9 Å².